The van der Waals surface area contributed by atoms with E-state index in [9.17, 15) is 4.79 Å². The largest absolute Gasteiger partial charge is 0.437 e. The number of aromatic nitrogens is 3. The number of anilines is 1. The summed E-state index contributed by atoms with van der Waals surface area (Å²) in [7, 11) is 0. The Morgan fingerprint density at radius 3 is 2.71 bits per heavy atom. The Morgan fingerprint density at radius 1 is 1.07 bits per heavy atom. The van der Waals surface area contributed by atoms with Crippen molar-refractivity contribution in [1.82, 2.24) is 19.9 Å². The maximum absolute atomic E-state index is 11.8. The molecule has 5 heterocycles. The van der Waals surface area contributed by atoms with Crippen molar-refractivity contribution >= 4 is 23.1 Å². The zero-order valence-corrected chi connectivity index (χ0v) is 24.1. The molecule has 7 nitrogen and oxygen atoms in total. The van der Waals surface area contributed by atoms with Gasteiger partial charge in [-0.2, -0.15) is 4.98 Å². The summed E-state index contributed by atoms with van der Waals surface area (Å²) in [5.41, 5.74) is 4.77. The number of likely N-dealkylation sites (tertiary alicyclic amines) is 1. The maximum Gasteiger partial charge on any atom is 0.231 e. The number of aromatic amines is 1. The molecule has 0 amide bonds. The molecule has 1 spiro atoms. The molecule has 1 saturated carbocycles. The van der Waals surface area contributed by atoms with Crippen LogP contribution in [0.25, 0.3) is 11.0 Å². The molecule has 1 atom stereocenters. The van der Waals surface area contributed by atoms with Crippen LogP contribution in [0.1, 0.15) is 85.8 Å². The van der Waals surface area contributed by atoms with Crippen LogP contribution in [0, 0.1) is 5.41 Å². The lowest BCUT2D eigenvalue weighted by atomic mass is 9.60. The molecule has 1 unspecified atom stereocenters. The van der Waals surface area contributed by atoms with Crippen LogP contribution in [-0.4, -0.2) is 51.8 Å². The Labute approximate surface area is 241 Å². The number of hydrogen-bond acceptors (Lipinski definition) is 6. The molecule has 4 aromatic rings. The summed E-state index contributed by atoms with van der Waals surface area (Å²) < 4.78 is 6.07. The highest BCUT2D eigenvalue weighted by molar-refractivity contribution is 5.80. The summed E-state index contributed by atoms with van der Waals surface area (Å²) in [6, 6.07) is 18.0. The Hall–Kier alpha value is -3.71. The van der Waals surface area contributed by atoms with Gasteiger partial charge in [0.15, 0.2) is 6.29 Å². The van der Waals surface area contributed by atoms with Crippen LogP contribution in [-0.2, 0) is 0 Å². The quantitative estimate of drug-likeness (QED) is 0.244. The monoisotopic (exact) mass is 549 g/mol. The first-order valence-electron chi connectivity index (χ1n) is 15.2. The molecular weight excluding hydrogens is 510 g/mol. The first-order chi connectivity index (χ1) is 20.0. The van der Waals surface area contributed by atoms with Crippen LogP contribution in [0.5, 0.6) is 11.6 Å². The molecule has 2 aliphatic heterocycles. The zero-order chi connectivity index (χ0) is 28.0. The average Bonchev–Trinajstić information content (AvgIpc) is 3.65. The third-order valence-corrected chi connectivity index (χ3v) is 9.82. The first-order valence-corrected chi connectivity index (χ1v) is 15.2. The number of nitrogens with zero attached hydrogens (tertiary/aromatic N) is 4. The van der Waals surface area contributed by atoms with Gasteiger partial charge in [-0.15, -0.1) is 0 Å². The highest BCUT2D eigenvalue weighted by Gasteiger charge is 2.50. The third-order valence-electron chi connectivity index (χ3n) is 9.82. The van der Waals surface area contributed by atoms with Gasteiger partial charge in [-0.05, 0) is 91.8 Å². The second-order valence-electron chi connectivity index (χ2n) is 12.6. The van der Waals surface area contributed by atoms with Crippen molar-refractivity contribution < 1.29 is 9.53 Å². The van der Waals surface area contributed by atoms with E-state index in [4.69, 9.17) is 9.72 Å². The SMILES string of the molecule is CC(C)c1ccccc1C1CCCN1C1CC2(CCN(c3ccc(C=O)c(Oc4cnc5[nH]ccc5c4)n3)CC2)C1. The van der Waals surface area contributed by atoms with E-state index >= 15 is 0 Å². The van der Waals surface area contributed by atoms with Gasteiger partial charge in [-0.25, -0.2) is 4.98 Å². The summed E-state index contributed by atoms with van der Waals surface area (Å²) in [5, 5.41) is 0.954. The number of pyridine rings is 2. The number of carbonyl (C=O) groups excluding carboxylic acids is 1. The van der Waals surface area contributed by atoms with E-state index in [2.05, 4.69) is 57.9 Å². The van der Waals surface area contributed by atoms with Gasteiger partial charge in [0.05, 0.1) is 11.8 Å². The summed E-state index contributed by atoms with van der Waals surface area (Å²) in [6.45, 7) is 7.83. The third kappa shape index (κ3) is 4.90. The van der Waals surface area contributed by atoms with Gasteiger partial charge in [0.25, 0.3) is 0 Å². The number of nitrogens with one attached hydrogen (secondary N) is 1. The molecule has 3 aliphatic rings. The molecule has 2 saturated heterocycles. The van der Waals surface area contributed by atoms with Crippen molar-refractivity contribution in [2.24, 2.45) is 5.41 Å². The summed E-state index contributed by atoms with van der Waals surface area (Å²) >= 11 is 0. The number of H-pyrrole nitrogens is 1. The van der Waals surface area contributed by atoms with Gasteiger partial charge in [0.2, 0.25) is 5.88 Å². The van der Waals surface area contributed by atoms with E-state index in [1.807, 2.05) is 30.5 Å². The van der Waals surface area contributed by atoms with Crippen LogP contribution in [0.15, 0.2) is 60.9 Å². The van der Waals surface area contributed by atoms with Crippen molar-refractivity contribution in [2.75, 3.05) is 24.5 Å². The number of rotatable bonds is 7. The van der Waals surface area contributed by atoms with Crippen LogP contribution in [0.4, 0.5) is 5.82 Å². The standard InChI is InChI=1S/C34H39N5O2/c1-23(2)28-6-3-4-7-29(28)30-8-5-15-39(30)26-19-34(20-26)12-16-38(17-13-34)31-10-9-25(22-40)33(37-31)41-27-18-24-11-14-35-32(24)36-21-27/h3-4,6-7,9-11,14,18,21-23,26,30H,5,8,12-13,15-17,19-20H2,1-2H3,(H,35,36). The molecular formula is C34H39N5O2. The fraction of sp³-hybridized carbons (Fsp3) is 0.441. The number of aldehydes is 1. The molecule has 7 rings (SSSR count). The lowest BCUT2D eigenvalue weighted by molar-refractivity contribution is -0.0228. The summed E-state index contributed by atoms with van der Waals surface area (Å²) in [6.07, 6.45) is 11.9. The number of carbonyl (C=O) groups is 1. The number of ether oxygens (including phenoxy) is 1. The van der Waals surface area contributed by atoms with Crippen molar-refractivity contribution in [3.8, 4) is 11.6 Å². The Kier molecular flexibility index (Phi) is 6.78. The van der Waals surface area contributed by atoms with E-state index < -0.39 is 0 Å². The predicted octanol–water partition coefficient (Wildman–Crippen LogP) is 7.27. The van der Waals surface area contributed by atoms with Crippen molar-refractivity contribution in [2.45, 2.75) is 70.4 Å². The Morgan fingerprint density at radius 2 is 1.90 bits per heavy atom. The van der Waals surface area contributed by atoms with Crippen molar-refractivity contribution in [3.63, 3.8) is 0 Å². The molecule has 3 aromatic heterocycles. The van der Waals surface area contributed by atoms with Gasteiger partial charge < -0.3 is 14.6 Å². The zero-order valence-electron chi connectivity index (χ0n) is 24.1. The summed E-state index contributed by atoms with van der Waals surface area (Å²) in [4.78, 5) is 29.2. The average molecular weight is 550 g/mol. The van der Waals surface area contributed by atoms with Crippen molar-refractivity contribution in [1.29, 1.82) is 0 Å². The molecule has 1 aromatic carbocycles. The molecule has 1 aliphatic carbocycles. The highest BCUT2D eigenvalue weighted by Crippen LogP contribution is 2.54. The van der Waals surface area contributed by atoms with Gasteiger partial charge in [-0.3, -0.25) is 9.69 Å². The normalized spacial score (nSPS) is 21.0. The fourth-order valence-corrected chi connectivity index (χ4v) is 7.57. The van der Waals surface area contributed by atoms with E-state index in [1.54, 1.807) is 11.8 Å². The minimum Gasteiger partial charge on any atom is -0.437 e. The van der Waals surface area contributed by atoms with Gasteiger partial charge in [-0.1, -0.05) is 38.1 Å². The molecule has 0 radical (unpaired) electrons. The number of piperidine rings is 1. The summed E-state index contributed by atoms with van der Waals surface area (Å²) in [5.74, 6) is 2.33. The molecule has 0 bridgehead atoms. The van der Waals surface area contributed by atoms with E-state index in [0.29, 0.717) is 40.6 Å². The molecule has 7 heteroatoms. The van der Waals surface area contributed by atoms with Crippen molar-refractivity contribution in [3.05, 3.63) is 77.6 Å². The maximum atomic E-state index is 11.8. The number of hydrogen-bond donors (Lipinski definition) is 1. The molecule has 212 valence electrons. The number of fused-ring (bicyclic) bond motifs is 1. The van der Waals surface area contributed by atoms with Crippen LogP contribution in [0.2, 0.25) is 0 Å². The van der Waals surface area contributed by atoms with E-state index in [0.717, 1.165) is 36.2 Å². The van der Waals surface area contributed by atoms with Gasteiger partial charge in [0, 0.05) is 36.8 Å². The topological polar surface area (TPSA) is 74.3 Å². The first kappa shape index (κ1) is 26.2. The molecule has 41 heavy (non-hydrogen) atoms. The lowest BCUT2D eigenvalue weighted by Gasteiger charge is -2.56. The minimum absolute atomic E-state index is 0.333. The van der Waals surface area contributed by atoms with Gasteiger partial charge in [0.1, 0.15) is 17.2 Å². The molecule has 3 fully saturated rings. The lowest BCUT2D eigenvalue weighted by Crippen LogP contribution is -2.55. The Bertz CT molecular complexity index is 1550. The second-order valence-corrected chi connectivity index (χ2v) is 12.6. The smallest absolute Gasteiger partial charge is 0.231 e. The van der Waals surface area contributed by atoms with E-state index in [1.165, 1.54) is 50.6 Å². The van der Waals surface area contributed by atoms with E-state index in [-0.39, 0.29) is 0 Å². The number of benzene rings is 1. The van der Waals surface area contributed by atoms with Gasteiger partial charge >= 0.3 is 0 Å². The fourth-order valence-electron chi connectivity index (χ4n) is 7.57. The second kappa shape index (κ2) is 10.6. The minimum atomic E-state index is 0.333. The highest BCUT2D eigenvalue weighted by atomic mass is 16.5. The van der Waals surface area contributed by atoms with Crippen LogP contribution >= 0.6 is 0 Å². The predicted molar refractivity (Wildman–Crippen MR) is 162 cm³/mol. The van der Waals surface area contributed by atoms with Crippen LogP contribution < -0.4 is 9.64 Å². The van der Waals surface area contributed by atoms with Crippen LogP contribution in [0.3, 0.4) is 0 Å². The molecule has 1 N–H and O–H groups in total. The Balaban J connectivity index is 1.00.